The van der Waals surface area contributed by atoms with E-state index in [1.165, 1.54) is 5.69 Å². The summed E-state index contributed by atoms with van der Waals surface area (Å²) in [6.45, 7) is 5.90. The highest BCUT2D eigenvalue weighted by molar-refractivity contribution is 5.85. The summed E-state index contributed by atoms with van der Waals surface area (Å²) in [7, 11) is 1.70. The number of benzene rings is 1. The molecule has 0 amide bonds. The minimum Gasteiger partial charge on any atom is -0.497 e. The van der Waals surface area contributed by atoms with Crippen molar-refractivity contribution in [1.82, 2.24) is 9.80 Å². The largest absolute Gasteiger partial charge is 0.497 e. The topological polar surface area (TPSA) is 59.4 Å². The molecule has 2 saturated heterocycles. The van der Waals surface area contributed by atoms with Crippen LogP contribution in [0.2, 0.25) is 0 Å². The summed E-state index contributed by atoms with van der Waals surface area (Å²) >= 11 is 0. The number of rotatable bonds is 6. The predicted molar refractivity (Wildman–Crippen MR) is 106 cm³/mol. The number of piperazine rings is 1. The van der Waals surface area contributed by atoms with Crippen molar-refractivity contribution in [3.05, 3.63) is 24.3 Å². The lowest BCUT2D eigenvalue weighted by Crippen LogP contribution is -2.49. The highest BCUT2D eigenvalue weighted by atomic mass is 35.5. The van der Waals surface area contributed by atoms with Crippen molar-refractivity contribution in [3.8, 4) is 5.75 Å². The maximum absolute atomic E-state index is 10.0. The Morgan fingerprint density at radius 3 is 2.38 bits per heavy atom. The molecule has 0 aromatic heterocycles. The first-order valence-corrected chi connectivity index (χ1v) is 9.40. The minimum atomic E-state index is -0.478. The van der Waals surface area contributed by atoms with Crippen LogP contribution in [0.5, 0.6) is 5.75 Å². The van der Waals surface area contributed by atoms with Gasteiger partial charge in [0, 0.05) is 44.5 Å². The minimum absolute atomic E-state index is 0. The van der Waals surface area contributed by atoms with E-state index < -0.39 is 12.5 Å². The molecule has 0 saturated carbocycles. The fraction of sp³-hybridized carbons (Fsp3) is 0.684. The SMILES string of the molecule is COc1cccc(N2CCN(CCCN3C(O)CCCC3O)CC2)c1.Cl. The Balaban J connectivity index is 0.00000243. The first-order valence-electron chi connectivity index (χ1n) is 9.40. The van der Waals surface area contributed by atoms with Gasteiger partial charge in [0.25, 0.3) is 0 Å². The smallest absolute Gasteiger partial charge is 0.120 e. The Bertz CT molecular complexity index is 531. The van der Waals surface area contributed by atoms with Gasteiger partial charge in [-0.15, -0.1) is 12.4 Å². The highest BCUT2D eigenvalue weighted by Gasteiger charge is 2.27. The van der Waals surface area contributed by atoms with Crippen LogP contribution in [0.3, 0.4) is 0 Å². The molecule has 2 aliphatic rings. The molecule has 148 valence electrons. The second-order valence-electron chi connectivity index (χ2n) is 7.01. The van der Waals surface area contributed by atoms with Crippen molar-refractivity contribution in [2.75, 3.05) is 51.3 Å². The zero-order valence-corrected chi connectivity index (χ0v) is 16.4. The summed E-state index contributed by atoms with van der Waals surface area (Å²) in [6, 6.07) is 8.24. The van der Waals surface area contributed by atoms with Crippen LogP contribution >= 0.6 is 12.4 Å². The molecule has 2 fully saturated rings. The number of likely N-dealkylation sites (tertiary alicyclic amines) is 1. The quantitative estimate of drug-likeness (QED) is 0.778. The summed E-state index contributed by atoms with van der Waals surface area (Å²) in [5.74, 6) is 0.901. The Morgan fingerprint density at radius 1 is 1.04 bits per heavy atom. The van der Waals surface area contributed by atoms with Crippen molar-refractivity contribution in [2.24, 2.45) is 0 Å². The number of piperidine rings is 1. The van der Waals surface area contributed by atoms with E-state index in [0.29, 0.717) is 0 Å². The number of methoxy groups -OCH3 is 1. The molecular formula is C19H32ClN3O3. The highest BCUT2D eigenvalue weighted by Crippen LogP contribution is 2.23. The van der Waals surface area contributed by atoms with Gasteiger partial charge in [-0.25, -0.2) is 0 Å². The van der Waals surface area contributed by atoms with E-state index >= 15 is 0 Å². The molecule has 2 unspecified atom stereocenters. The van der Waals surface area contributed by atoms with Crippen LogP contribution in [0.4, 0.5) is 5.69 Å². The van der Waals surface area contributed by atoms with E-state index in [4.69, 9.17) is 4.74 Å². The van der Waals surface area contributed by atoms with Crippen molar-refractivity contribution < 1.29 is 14.9 Å². The lowest BCUT2D eigenvalue weighted by atomic mass is 10.1. The van der Waals surface area contributed by atoms with Crippen LogP contribution in [0.1, 0.15) is 25.7 Å². The second kappa shape index (κ2) is 10.3. The summed E-state index contributed by atoms with van der Waals surface area (Å²) in [5.41, 5.74) is 1.22. The number of hydrogen-bond donors (Lipinski definition) is 2. The fourth-order valence-electron chi connectivity index (χ4n) is 3.83. The maximum atomic E-state index is 10.0. The molecule has 26 heavy (non-hydrogen) atoms. The standard InChI is InChI=1S/C19H31N3O3.ClH/c1-25-17-6-2-5-16(15-17)21-13-11-20(12-14-21)9-4-10-22-18(23)7-3-8-19(22)24;/h2,5-6,15,18-19,23-24H,3-4,7-14H2,1H3;1H. The van der Waals surface area contributed by atoms with Crippen LogP contribution in [-0.4, -0.2) is 78.8 Å². The number of aliphatic hydroxyl groups is 2. The number of ether oxygens (including phenoxy) is 1. The Hall–Kier alpha value is -1.05. The van der Waals surface area contributed by atoms with E-state index in [0.717, 1.165) is 70.7 Å². The molecule has 2 N–H and O–H groups in total. The molecule has 2 atom stereocenters. The lowest BCUT2D eigenvalue weighted by molar-refractivity contribution is -0.131. The van der Waals surface area contributed by atoms with Crippen LogP contribution in [0.25, 0.3) is 0 Å². The third-order valence-corrected chi connectivity index (χ3v) is 5.37. The van der Waals surface area contributed by atoms with Gasteiger partial charge in [-0.3, -0.25) is 9.80 Å². The number of nitrogens with zero attached hydrogens (tertiary/aromatic N) is 3. The molecule has 0 bridgehead atoms. The predicted octanol–water partition coefficient (Wildman–Crippen LogP) is 1.75. The van der Waals surface area contributed by atoms with Crippen LogP contribution < -0.4 is 9.64 Å². The molecule has 6 nitrogen and oxygen atoms in total. The van der Waals surface area contributed by atoms with E-state index in [1.807, 2.05) is 17.0 Å². The Kier molecular flexibility index (Phi) is 8.44. The molecule has 7 heteroatoms. The summed E-state index contributed by atoms with van der Waals surface area (Å²) in [5, 5.41) is 20.0. The number of anilines is 1. The van der Waals surface area contributed by atoms with Crippen LogP contribution in [0, 0.1) is 0 Å². The van der Waals surface area contributed by atoms with Crippen molar-refractivity contribution in [2.45, 2.75) is 38.1 Å². The van der Waals surface area contributed by atoms with Crippen molar-refractivity contribution >= 4 is 18.1 Å². The third-order valence-electron chi connectivity index (χ3n) is 5.37. The molecule has 1 aromatic rings. The van der Waals surface area contributed by atoms with Crippen LogP contribution in [0.15, 0.2) is 24.3 Å². The molecule has 0 aliphatic carbocycles. The average Bonchev–Trinajstić information content (AvgIpc) is 2.65. The van der Waals surface area contributed by atoms with Gasteiger partial charge in [0.1, 0.15) is 18.2 Å². The molecule has 2 aliphatic heterocycles. The van der Waals surface area contributed by atoms with E-state index in [1.54, 1.807) is 7.11 Å². The van der Waals surface area contributed by atoms with Crippen molar-refractivity contribution in [3.63, 3.8) is 0 Å². The fourth-order valence-corrected chi connectivity index (χ4v) is 3.83. The zero-order chi connectivity index (χ0) is 17.6. The van der Waals surface area contributed by atoms with Crippen LogP contribution in [-0.2, 0) is 0 Å². The zero-order valence-electron chi connectivity index (χ0n) is 15.6. The van der Waals surface area contributed by atoms with Gasteiger partial charge in [0.2, 0.25) is 0 Å². The Morgan fingerprint density at radius 2 is 1.73 bits per heavy atom. The molecule has 0 radical (unpaired) electrons. The van der Waals surface area contributed by atoms with Gasteiger partial charge in [-0.05, 0) is 44.4 Å². The average molecular weight is 386 g/mol. The summed E-state index contributed by atoms with van der Waals surface area (Å²) < 4.78 is 5.31. The second-order valence-corrected chi connectivity index (χ2v) is 7.01. The van der Waals surface area contributed by atoms with Gasteiger partial charge in [0.05, 0.1) is 7.11 Å². The normalized spacial score (nSPS) is 25.0. The number of halogens is 1. The lowest BCUT2D eigenvalue weighted by Gasteiger charge is -2.38. The Labute approximate surface area is 162 Å². The van der Waals surface area contributed by atoms with E-state index in [-0.39, 0.29) is 12.4 Å². The summed E-state index contributed by atoms with van der Waals surface area (Å²) in [4.78, 5) is 6.71. The van der Waals surface area contributed by atoms with Gasteiger partial charge in [-0.1, -0.05) is 6.07 Å². The third kappa shape index (κ3) is 5.47. The van der Waals surface area contributed by atoms with Crippen molar-refractivity contribution in [1.29, 1.82) is 0 Å². The number of aliphatic hydroxyl groups excluding tert-OH is 2. The molecule has 0 spiro atoms. The van der Waals surface area contributed by atoms with Gasteiger partial charge >= 0.3 is 0 Å². The van der Waals surface area contributed by atoms with Gasteiger partial charge in [-0.2, -0.15) is 0 Å². The van der Waals surface area contributed by atoms with Gasteiger partial charge in [0.15, 0.2) is 0 Å². The monoisotopic (exact) mass is 385 g/mol. The molecule has 3 rings (SSSR count). The summed E-state index contributed by atoms with van der Waals surface area (Å²) in [6.07, 6.45) is 2.48. The van der Waals surface area contributed by atoms with E-state index in [2.05, 4.69) is 21.9 Å². The first kappa shape index (κ1) is 21.3. The van der Waals surface area contributed by atoms with E-state index in [9.17, 15) is 10.2 Å². The molecular weight excluding hydrogens is 354 g/mol. The number of hydrogen-bond acceptors (Lipinski definition) is 6. The molecule has 1 aromatic carbocycles. The van der Waals surface area contributed by atoms with Gasteiger partial charge < -0.3 is 19.8 Å². The molecule has 2 heterocycles. The first-order chi connectivity index (χ1) is 12.2. The maximum Gasteiger partial charge on any atom is 0.120 e.